The van der Waals surface area contributed by atoms with Crippen LogP contribution in [0.4, 0.5) is 0 Å². The number of thioether (sulfide) groups is 1. The number of rotatable bonds is 5. The van der Waals surface area contributed by atoms with Crippen LogP contribution in [0.15, 0.2) is 4.99 Å². The predicted octanol–water partition coefficient (Wildman–Crippen LogP) is 1.65. The molecule has 5 nitrogen and oxygen atoms in total. The fourth-order valence-corrected chi connectivity index (χ4v) is 3.18. The molecule has 122 valence electrons. The summed E-state index contributed by atoms with van der Waals surface area (Å²) in [5.41, 5.74) is 0. The zero-order valence-corrected chi connectivity index (χ0v) is 14.9. The second-order valence-corrected chi connectivity index (χ2v) is 7.14. The molecule has 0 aromatic rings. The summed E-state index contributed by atoms with van der Waals surface area (Å²) in [6, 6.07) is 0.368. The molecule has 1 fully saturated rings. The van der Waals surface area contributed by atoms with Gasteiger partial charge in [0, 0.05) is 44.2 Å². The van der Waals surface area contributed by atoms with Crippen molar-refractivity contribution in [1.29, 1.82) is 0 Å². The monoisotopic (exact) mass is 314 g/mol. The quantitative estimate of drug-likeness (QED) is 0.619. The van der Waals surface area contributed by atoms with Gasteiger partial charge in [0.2, 0.25) is 5.91 Å². The molecule has 2 atom stereocenters. The highest BCUT2D eigenvalue weighted by molar-refractivity contribution is 8.00. The van der Waals surface area contributed by atoms with E-state index in [9.17, 15) is 4.79 Å². The van der Waals surface area contributed by atoms with E-state index in [0.717, 1.165) is 31.2 Å². The molecule has 1 heterocycles. The molecule has 6 heteroatoms. The normalized spacial score (nSPS) is 21.1. The first-order chi connectivity index (χ1) is 9.97. The van der Waals surface area contributed by atoms with Crippen LogP contribution < -0.4 is 5.32 Å². The first kappa shape index (κ1) is 18.1. The van der Waals surface area contributed by atoms with E-state index in [2.05, 4.69) is 36.0 Å². The summed E-state index contributed by atoms with van der Waals surface area (Å²) >= 11 is 2.04. The Morgan fingerprint density at radius 3 is 2.76 bits per heavy atom. The Balaban J connectivity index is 2.75. The maximum Gasteiger partial charge on any atom is 0.243 e. The number of carbonyl (C=O) groups is 1. The molecule has 0 saturated carbocycles. The van der Waals surface area contributed by atoms with E-state index in [1.165, 1.54) is 6.42 Å². The van der Waals surface area contributed by atoms with Gasteiger partial charge in [-0.3, -0.25) is 4.79 Å². The standard InChI is InChI=1S/C15H30N4OS/c1-6-12(3)17-15(16-10-14(20)18(4)5)19-8-9-21-13(7-2)11-19/h12-13H,6-11H2,1-5H3,(H,16,17). The Bertz CT molecular complexity index is 360. The average Bonchev–Trinajstić information content (AvgIpc) is 2.50. The van der Waals surface area contributed by atoms with E-state index in [1.54, 1.807) is 19.0 Å². The summed E-state index contributed by atoms with van der Waals surface area (Å²) in [5.74, 6) is 2.05. The van der Waals surface area contributed by atoms with Gasteiger partial charge in [-0.05, 0) is 19.8 Å². The molecular formula is C15H30N4OS. The van der Waals surface area contributed by atoms with Crippen molar-refractivity contribution in [3.8, 4) is 0 Å². The van der Waals surface area contributed by atoms with Gasteiger partial charge in [-0.2, -0.15) is 11.8 Å². The van der Waals surface area contributed by atoms with Gasteiger partial charge >= 0.3 is 0 Å². The van der Waals surface area contributed by atoms with E-state index in [1.807, 2.05) is 11.8 Å². The van der Waals surface area contributed by atoms with E-state index >= 15 is 0 Å². The van der Waals surface area contributed by atoms with Gasteiger partial charge in [0.1, 0.15) is 6.54 Å². The summed E-state index contributed by atoms with van der Waals surface area (Å²) in [7, 11) is 3.54. The fraction of sp³-hybridized carbons (Fsp3) is 0.867. The summed E-state index contributed by atoms with van der Waals surface area (Å²) < 4.78 is 0. The molecule has 0 spiro atoms. The fourth-order valence-electron chi connectivity index (χ4n) is 2.00. The van der Waals surface area contributed by atoms with Crippen molar-refractivity contribution in [3.05, 3.63) is 0 Å². The Hall–Kier alpha value is -0.910. The molecule has 2 unspecified atom stereocenters. The lowest BCUT2D eigenvalue weighted by atomic mass is 10.2. The molecule has 0 radical (unpaired) electrons. The smallest absolute Gasteiger partial charge is 0.243 e. The van der Waals surface area contributed by atoms with Crippen LogP contribution in [0.1, 0.15) is 33.6 Å². The Morgan fingerprint density at radius 1 is 1.48 bits per heavy atom. The zero-order valence-electron chi connectivity index (χ0n) is 14.1. The molecule has 1 N–H and O–H groups in total. The van der Waals surface area contributed by atoms with E-state index in [0.29, 0.717) is 11.3 Å². The summed E-state index contributed by atoms with van der Waals surface area (Å²) in [6.07, 6.45) is 2.22. The van der Waals surface area contributed by atoms with Gasteiger partial charge in [0.25, 0.3) is 0 Å². The first-order valence-corrected chi connectivity index (χ1v) is 8.90. The van der Waals surface area contributed by atoms with E-state index in [-0.39, 0.29) is 12.5 Å². The lowest BCUT2D eigenvalue weighted by molar-refractivity contribution is -0.127. The van der Waals surface area contributed by atoms with Gasteiger partial charge in [-0.25, -0.2) is 4.99 Å². The second kappa shape index (κ2) is 9.18. The zero-order chi connectivity index (χ0) is 15.8. The maximum absolute atomic E-state index is 11.8. The third-order valence-electron chi connectivity index (χ3n) is 3.74. The molecule has 0 bridgehead atoms. The van der Waals surface area contributed by atoms with E-state index < -0.39 is 0 Å². The molecule has 21 heavy (non-hydrogen) atoms. The number of likely N-dealkylation sites (N-methyl/N-ethyl adjacent to an activating group) is 1. The number of aliphatic imine (C=N–C) groups is 1. The van der Waals surface area contributed by atoms with Gasteiger partial charge in [0.05, 0.1) is 0 Å². The van der Waals surface area contributed by atoms with Crippen molar-refractivity contribution in [2.24, 2.45) is 4.99 Å². The number of nitrogens with one attached hydrogen (secondary N) is 1. The highest BCUT2D eigenvalue weighted by atomic mass is 32.2. The van der Waals surface area contributed by atoms with Gasteiger partial charge in [0.15, 0.2) is 5.96 Å². The van der Waals surface area contributed by atoms with Crippen LogP contribution in [0, 0.1) is 0 Å². The maximum atomic E-state index is 11.8. The predicted molar refractivity (Wildman–Crippen MR) is 92.0 cm³/mol. The average molecular weight is 314 g/mol. The Morgan fingerprint density at radius 2 is 2.19 bits per heavy atom. The lowest BCUT2D eigenvalue weighted by Gasteiger charge is -2.35. The second-order valence-electron chi connectivity index (χ2n) is 5.73. The van der Waals surface area contributed by atoms with Crippen molar-refractivity contribution >= 4 is 23.6 Å². The molecule has 1 amide bonds. The van der Waals surface area contributed by atoms with Crippen LogP contribution in [0.25, 0.3) is 0 Å². The summed E-state index contributed by atoms with van der Waals surface area (Å²) in [6.45, 7) is 8.77. The van der Waals surface area contributed by atoms with Crippen LogP contribution in [-0.2, 0) is 4.79 Å². The van der Waals surface area contributed by atoms with Crippen molar-refractivity contribution < 1.29 is 4.79 Å². The van der Waals surface area contributed by atoms with Gasteiger partial charge in [-0.1, -0.05) is 13.8 Å². The topological polar surface area (TPSA) is 47.9 Å². The number of amides is 1. The third-order valence-corrected chi connectivity index (χ3v) is 5.12. The molecular weight excluding hydrogens is 284 g/mol. The number of hydrogen-bond acceptors (Lipinski definition) is 3. The first-order valence-electron chi connectivity index (χ1n) is 7.85. The molecule has 1 aliphatic rings. The van der Waals surface area contributed by atoms with Crippen LogP contribution in [0.3, 0.4) is 0 Å². The molecule has 1 aliphatic heterocycles. The highest BCUT2D eigenvalue weighted by Crippen LogP contribution is 2.21. The molecule has 1 saturated heterocycles. The molecule has 1 rings (SSSR count). The summed E-state index contributed by atoms with van der Waals surface area (Å²) in [5, 5.41) is 4.13. The molecule has 0 aromatic carbocycles. The van der Waals surface area contributed by atoms with Gasteiger partial charge in [-0.15, -0.1) is 0 Å². The SMILES string of the molecule is CCC(C)NC(=NCC(=O)N(C)C)N1CCSC(CC)C1. The largest absolute Gasteiger partial charge is 0.354 e. The third kappa shape index (κ3) is 6.16. The molecule has 0 aliphatic carbocycles. The van der Waals surface area contributed by atoms with Gasteiger partial charge < -0.3 is 15.1 Å². The molecule has 0 aromatic heterocycles. The lowest BCUT2D eigenvalue weighted by Crippen LogP contribution is -2.50. The minimum Gasteiger partial charge on any atom is -0.354 e. The Labute approximate surface area is 133 Å². The van der Waals surface area contributed by atoms with Crippen molar-refractivity contribution in [3.63, 3.8) is 0 Å². The Kier molecular flexibility index (Phi) is 7.93. The minimum atomic E-state index is 0.0388. The number of guanidine groups is 1. The number of carbonyl (C=O) groups excluding carboxylic acids is 1. The number of nitrogens with zero attached hydrogens (tertiary/aromatic N) is 3. The van der Waals surface area contributed by atoms with Crippen molar-refractivity contribution in [2.45, 2.75) is 44.9 Å². The number of hydrogen-bond donors (Lipinski definition) is 1. The van der Waals surface area contributed by atoms with E-state index in [4.69, 9.17) is 0 Å². The van der Waals surface area contributed by atoms with Crippen LogP contribution in [-0.4, -0.2) is 72.4 Å². The van der Waals surface area contributed by atoms with Crippen LogP contribution >= 0.6 is 11.8 Å². The van der Waals surface area contributed by atoms with Crippen LogP contribution in [0.2, 0.25) is 0 Å². The van der Waals surface area contributed by atoms with Crippen molar-refractivity contribution in [1.82, 2.24) is 15.1 Å². The van der Waals surface area contributed by atoms with Crippen molar-refractivity contribution in [2.75, 3.05) is 39.5 Å². The summed E-state index contributed by atoms with van der Waals surface area (Å²) in [4.78, 5) is 20.2. The van der Waals surface area contributed by atoms with Crippen LogP contribution in [0.5, 0.6) is 0 Å². The minimum absolute atomic E-state index is 0.0388. The highest BCUT2D eigenvalue weighted by Gasteiger charge is 2.22.